The van der Waals surface area contributed by atoms with Gasteiger partial charge in [0.2, 0.25) is 0 Å². The number of hydrogen-bond acceptors (Lipinski definition) is 9. The largest absolute Gasteiger partial charge is 0.508 e. The number of Topliss-reactive ketones (excluding diaryl/α,β-unsaturated/α-hetero) is 1. The number of aliphatic hydroxyl groups excluding tert-OH is 1. The average Bonchev–Trinajstić information content (AvgIpc) is 2.82. The molecule has 0 unspecified atom stereocenters. The number of ketones is 1. The minimum absolute atomic E-state index is 0.0111. The van der Waals surface area contributed by atoms with Gasteiger partial charge in [0.15, 0.2) is 41.0 Å². The van der Waals surface area contributed by atoms with E-state index in [1.54, 1.807) is 30.3 Å². The van der Waals surface area contributed by atoms with E-state index in [0.717, 1.165) is 6.07 Å². The Labute approximate surface area is 194 Å². The van der Waals surface area contributed by atoms with E-state index in [2.05, 4.69) is 0 Å². The van der Waals surface area contributed by atoms with Crippen LogP contribution in [0.25, 0.3) is 0 Å². The molecule has 2 aliphatic rings. The van der Waals surface area contributed by atoms with Gasteiger partial charge in [-0.25, -0.2) is 0 Å². The molecule has 9 heteroatoms. The zero-order valence-corrected chi connectivity index (χ0v) is 18.1. The highest BCUT2D eigenvalue weighted by Crippen LogP contribution is 2.45. The molecule has 0 saturated carbocycles. The molecule has 3 aromatic carbocycles. The molecule has 2 aliphatic heterocycles. The second-order valence-corrected chi connectivity index (χ2v) is 8.09. The van der Waals surface area contributed by atoms with Gasteiger partial charge in [-0.1, -0.05) is 12.1 Å². The zero-order valence-electron chi connectivity index (χ0n) is 18.1. The molecule has 9 nitrogen and oxygen atoms in total. The van der Waals surface area contributed by atoms with Gasteiger partial charge in [0.05, 0.1) is 20.1 Å². The third-order valence-electron chi connectivity index (χ3n) is 5.91. The molecule has 5 rings (SSSR count). The summed E-state index contributed by atoms with van der Waals surface area (Å²) in [5, 5.41) is 39.6. The van der Waals surface area contributed by atoms with E-state index in [4.69, 9.17) is 18.9 Å². The van der Waals surface area contributed by atoms with E-state index in [1.165, 1.54) is 19.2 Å². The Morgan fingerprint density at radius 2 is 1.68 bits per heavy atom. The van der Waals surface area contributed by atoms with Crippen LogP contribution in [0.15, 0.2) is 48.5 Å². The van der Waals surface area contributed by atoms with Crippen LogP contribution < -0.4 is 18.9 Å². The quantitative estimate of drug-likeness (QED) is 0.456. The molecule has 0 saturated heterocycles. The summed E-state index contributed by atoms with van der Waals surface area (Å²) in [7, 11) is 1.44. The average molecular weight is 466 g/mol. The third kappa shape index (κ3) is 3.69. The van der Waals surface area contributed by atoms with Gasteiger partial charge in [-0.15, -0.1) is 0 Å². The Bertz CT molecular complexity index is 1270. The van der Waals surface area contributed by atoms with Crippen LogP contribution in [-0.2, 0) is 0 Å². The number of rotatable bonds is 4. The van der Waals surface area contributed by atoms with Crippen molar-refractivity contribution in [2.75, 3.05) is 13.7 Å². The second-order valence-electron chi connectivity index (χ2n) is 8.09. The summed E-state index contributed by atoms with van der Waals surface area (Å²) in [4.78, 5) is 12.7. The fourth-order valence-corrected chi connectivity index (χ4v) is 4.25. The van der Waals surface area contributed by atoms with Gasteiger partial charge in [-0.05, 0) is 29.8 Å². The van der Waals surface area contributed by atoms with Gasteiger partial charge < -0.3 is 39.4 Å². The van der Waals surface area contributed by atoms with Gasteiger partial charge in [0.1, 0.15) is 28.9 Å². The molecule has 3 atom stereocenters. The van der Waals surface area contributed by atoms with Crippen LogP contribution >= 0.6 is 0 Å². The first kappa shape index (κ1) is 21.7. The summed E-state index contributed by atoms with van der Waals surface area (Å²) in [6.07, 6.45) is -2.07. The Morgan fingerprint density at radius 3 is 2.44 bits per heavy atom. The maximum atomic E-state index is 12.7. The Morgan fingerprint density at radius 1 is 0.882 bits per heavy atom. The van der Waals surface area contributed by atoms with Crippen LogP contribution in [0.1, 0.15) is 40.1 Å². The number of phenolic OH excluding ortho intramolecular Hbond substituents is 3. The van der Waals surface area contributed by atoms with Crippen LogP contribution in [0, 0.1) is 0 Å². The van der Waals surface area contributed by atoms with Crippen molar-refractivity contribution in [2.24, 2.45) is 0 Å². The summed E-state index contributed by atoms with van der Waals surface area (Å²) < 4.78 is 23.2. The number of carbonyl (C=O) groups excluding carboxylic acids is 1. The number of benzene rings is 3. The monoisotopic (exact) mass is 466 g/mol. The van der Waals surface area contributed by atoms with Gasteiger partial charge in [-0.2, -0.15) is 0 Å². The molecule has 0 aromatic heterocycles. The van der Waals surface area contributed by atoms with Crippen molar-refractivity contribution >= 4 is 5.78 Å². The standard InChI is InChI=1S/C25H22O9/c1-31-20-7-13(2-4-15(20)28)25-23(11-26)32-18-5-3-12(6-21(18)34-25)19-10-17(30)24-16(29)8-14(27)9-22(24)33-19/h2-9,19,23,25-29H,10-11H2,1H3/t19-,23-,25-/m0/s1. The number of phenols is 3. The van der Waals surface area contributed by atoms with Crippen molar-refractivity contribution in [3.63, 3.8) is 0 Å². The van der Waals surface area contributed by atoms with Crippen LogP contribution in [0.5, 0.6) is 40.2 Å². The number of ether oxygens (including phenoxy) is 4. The molecule has 3 aromatic rings. The number of aliphatic hydroxyl groups is 1. The molecule has 0 spiro atoms. The van der Waals surface area contributed by atoms with Gasteiger partial charge in [0.25, 0.3) is 0 Å². The summed E-state index contributed by atoms with van der Waals surface area (Å²) in [5.74, 6) is 0.287. The third-order valence-corrected chi connectivity index (χ3v) is 5.91. The number of fused-ring (bicyclic) bond motifs is 2. The molecular weight excluding hydrogens is 444 g/mol. The fourth-order valence-electron chi connectivity index (χ4n) is 4.25. The van der Waals surface area contributed by atoms with Crippen molar-refractivity contribution < 1.29 is 44.2 Å². The molecule has 0 amide bonds. The molecule has 4 N–H and O–H groups in total. The van der Waals surface area contributed by atoms with E-state index in [1.807, 2.05) is 0 Å². The number of hydrogen-bond donors (Lipinski definition) is 4. The smallest absolute Gasteiger partial charge is 0.174 e. The Balaban J connectivity index is 1.46. The first-order chi connectivity index (χ1) is 16.4. The molecule has 0 radical (unpaired) electrons. The molecule has 0 aliphatic carbocycles. The Hall–Kier alpha value is -4.11. The molecule has 34 heavy (non-hydrogen) atoms. The maximum absolute atomic E-state index is 12.7. The Kier molecular flexibility index (Phi) is 5.33. The maximum Gasteiger partial charge on any atom is 0.174 e. The van der Waals surface area contributed by atoms with Crippen molar-refractivity contribution in [3.8, 4) is 40.2 Å². The van der Waals surface area contributed by atoms with E-state index in [-0.39, 0.29) is 53.1 Å². The van der Waals surface area contributed by atoms with Gasteiger partial charge in [-0.3, -0.25) is 4.79 Å². The van der Waals surface area contributed by atoms with Crippen LogP contribution in [-0.4, -0.2) is 46.0 Å². The summed E-state index contributed by atoms with van der Waals surface area (Å²) in [5.41, 5.74) is 1.31. The lowest BCUT2D eigenvalue weighted by atomic mass is 9.95. The van der Waals surface area contributed by atoms with Crippen molar-refractivity contribution in [1.29, 1.82) is 0 Å². The summed E-state index contributed by atoms with van der Waals surface area (Å²) >= 11 is 0. The lowest BCUT2D eigenvalue weighted by Crippen LogP contribution is -2.36. The highest BCUT2D eigenvalue weighted by Gasteiger charge is 2.35. The van der Waals surface area contributed by atoms with Crippen LogP contribution in [0.4, 0.5) is 0 Å². The van der Waals surface area contributed by atoms with Crippen molar-refractivity contribution in [3.05, 3.63) is 65.2 Å². The highest BCUT2D eigenvalue weighted by molar-refractivity contribution is 6.02. The zero-order chi connectivity index (χ0) is 24.0. The summed E-state index contributed by atoms with van der Waals surface area (Å²) in [6.45, 7) is -0.306. The normalized spacial score (nSPS) is 20.9. The topological polar surface area (TPSA) is 135 Å². The van der Waals surface area contributed by atoms with Crippen LogP contribution in [0.3, 0.4) is 0 Å². The SMILES string of the molecule is COc1cc([C@@H]2Oc3cc([C@@H]4CC(=O)c5c(O)cc(O)cc5O4)ccc3O[C@H]2CO)ccc1O. The molecule has 2 heterocycles. The van der Waals surface area contributed by atoms with E-state index < -0.39 is 18.3 Å². The lowest BCUT2D eigenvalue weighted by Gasteiger charge is -2.34. The van der Waals surface area contributed by atoms with Crippen LogP contribution in [0.2, 0.25) is 0 Å². The highest BCUT2D eigenvalue weighted by atomic mass is 16.6. The minimum atomic E-state index is -0.696. The lowest BCUT2D eigenvalue weighted by molar-refractivity contribution is -0.0126. The van der Waals surface area contributed by atoms with E-state index in [9.17, 15) is 25.2 Å². The molecule has 0 bridgehead atoms. The van der Waals surface area contributed by atoms with Crippen molar-refractivity contribution in [2.45, 2.75) is 24.7 Å². The number of aromatic hydroxyl groups is 3. The predicted molar refractivity (Wildman–Crippen MR) is 118 cm³/mol. The van der Waals surface area contributed by atoms with E-state index >= 15 is 0 Å². The molecular formula is C25H22O9. The first-order valence-electron chi connectivity index (χ1n) is 10.6. The second kappa shape index (κ2) is 8.35. The number of methoxy groups -OCH3 is 1. The molecule has 0 fully saturated rings. The van der Waals surface area contributed by atoms with Gasteiger partial charge in [0, 0.05) is 17.7 Å². The molecule has 176 valence electrons. The fraction of sp³-hybridized carbons (Fsp3) is 0.240. The predicted octanol–water partition coefficient (Wildman–Crippen LogP) is 3.39. The van der Waals surface area contributed by atoms with E-state index in [0.29, 0.717) is 22.6 Å². The number of carbonyl (C=O) groups is 1. The van der Waals surface area contributed by atoms with Gasteiger partial charge >= 0.3 is 0 Å². The first-order valence-corrected chi connectivity index (χ1v) is 10.6. The summed E-state index contributed by atoms with van der Waals surface area (Å²) in [6, 6.07) is 12.2. The van der Waals surface area contributed by atoms with Crippen molar-refractivity contribution in [1.82, 2.24) is 0 Å². The minimum Gasteiger partial charge on any atom is -0.508 e.